The number of morpholine rings is 1. The van der Waals surface area contributed by atoms with Crippen molar-refractivity contribution in [3.05, 3.63) is 29.8 Å². The summed E-state index contributed by atoms with van der Waals surface area (Å²) in [6.07, 6.45) is 3.68. The molecule has 2 aliphatic heterocycles. The Morgan fingerprint density at radius 3 is 2.70 bits per heavy atom. The van der Waals surface area contributed by atoms with E-state index in [0.717, 1.165) is 63.8 Å². The van der Waals surface area contributed by atoms with Crippen LogP contribution in [0.15, 0.2) is 29.3 Å². The highest BCUT2D eigenvalue weighted by molar-refractivity contribution is 5.80. The molecule has 0 saturated carbocycles. The lowest BCUT2D eigenvalue weighted by atomic mass is 9.98. The summed E-state index contributed by atoms with van der Waals surface area (Å²) in [5.41, 5.74) is 1.33. The Kier molecular flexibility index (Phi) is 7.35. The molecule has 0 radical (unpaired) electrons. The van der Waals surface area contributed by atoms with Crippen LogP contribution in [0.1, 0.15) is 37.7 Å². The second-order valence-electron chi connectivity index (χ2n) is 7.34. The highest BCUT2D eigenvalue weighted by Crippen LogP contribution is 2.22. The first-order valence-corrected chi connectivity index (χ1v) is 10.0. The van der Waals surface area contributed by atoms with Gasteiger partial charge in [-0.3, -0.25) is 4.99 Å². The zero-order chi connectivity index (χ0) is 19.1. The number of nitrogens with zero attached hydrogens (tertiary/aromatic N) is 2. The third-order valence-corrected chi connectivity index (χ3v) is 5.53. The highest BCUT2D eigenvalue weighted by atomic mass is 16.5. The number of guanidine groups is 1. The zero-order valence-corrected chi connectivity index (χ0v) is 16.8. The molecule has 2 fully saturated rings. The Hall–Kier alpha value is -1.79. The topological polar surface area (TPSA) is 55.3 Å². The second kappa shape index (κ2) is 9.95. The van der Waals surface area contributed by atoms with Crippen molar-refractivity contribution in [3.63, 3.8) is 0 Å². The number of aliphatic imine (C=N–C) groups is 1. The summed E-state index contributed by atoms with van der Waals surface area (Å²) < 4.78 is 17.0. The van der Waals surface area contributed by atoms with E-state index in [2.05, 4.69) is 34.3 Å². The molecule has 3 rings (SSSR count). The van der Waals surface area contributed by atoms with Crippen LogP contribution in [0.4, 0.5) is 0 Å². The SMILES string of the molecule is CN=C(NCCC(C)c1ccc(OC)cc1)N1CCOC(C2CCCO2)C1. The minimum Gasteiger partial charge on any atom is -0.497 e. The number of nitrogens with one attached hydrogen (secondary N) is 1. The van der Waals surface area contributed by atoms with Crippen LogP contribution >= 0.6 is 0 Å². The monoisotopic (exact) mass is 375 g/mol. The second-order valence-corrected chi connectivity index (χ2v) is 7.34. The van der Waals surface area contributed by atoms with Gasteiger partial charge >= 0.3 is 0 Å². The molecule has 0 spiro atoms. The summed E-state index contributed by atoms with van der Waals surface area (Å²) in [5, 5.41) is 3.53. The maximum Gasteiger partial charge on any atom is 0.193 e. The number of ether oxygens (including phenoxy) is 3. The third kappa shape index (κ3) is 5.36. The highest BCUT2D eigenvalue weighted by Gasteiger charge is 2.32. The maximum atomic E-state index is 5.95. The summed E-state index contributed by atoms with van der Waals surface area (Å²) in [7, 11) is 3.55. The molecule has 3 atom stereocenters. The first-order chi connectivity index (χ1) is 13.2. The lowest BCUT2D eigenvalue weighted by Crippen LogP contribution is -2.53. The van der Waals surface area contributed by atoms with Gasteiger partial charge in [-0.05, 0) is 42.9 Å². The van der Waals surface area contributed by atoms with Crippen molar-refractivity contribution < 1.29 is 14.2 Å². The van der Waals surface area contributed by atoms with Crippen molar-refractivity contribution in [2.24, 2.45) is 4.99 Å². The number of hydrogen-bond acceptors (Lipinski definition) is 4. The van der Waals surface area contributed by atoms with Gasteiger partial charge in [-0.15, -0.1) is 0 Å². The largest absolute Gasteiger partial charge is 0.497 e. The summed E-state index contributed by atoms with van der Waals surface area (Å²) in [6.45, 7) is 6.46. The van der Waals surface area contributed by atoms with Gasteiger partial charge in [-0.25, -0.2) is 0 Å². The molecule has 150 valence electrons. The molecule has 0 bridgehead atoms. The predicted octanol–water partition coefficient (Wildman–Crippen LogP) is 2.64. The minimum atomic E-state index is 0.151. The van der Waals surface area contributed by atoms with Crippen LogP contribution in [-0.2, 0) is 9.47 Å². The van der Waals surface area contributed by atoms with Crippen molar-refractivity contribution >= 4 is 5.96 Å². The van der Waals surface area contributed by atoms with Crippen molar-refractivity contribution in [1.82, 2.24) is 10.2 Å². The standard InChI is InChI=1S/C21H33N3O3/c1-16(17-6-8-18(25-3)9-7-17)10-11-23-21(22-2)24-12-14-27-20(15-24)19-5-4-13-26-19/h6-9,16,19-20H,4-5,10-15H2,1-3H3,(H,22,23). The first kappa shape index (κ1) is 20.0. The van der Waals surface area contributed by atoms with Crippen LogP contribution < -0.4 is 10.1 Å². The van der Waals surface area contributed by atoms with Crippen LogP contribution in [0.3, 0.4) is 0 Å². The van der Waals surface area contributed by atoms with E-state index in [1.807, 2.05) is 19.2 Å². The molecule has 2 heterocycles. The van der Waals surface area contributed by atoms with Gasteiger partial charge in [0.05, 0.1) is 19.8 Å². The fourth-order valence-electron chi connectivity index (χ4n) is 3.82. The molecule has 1 aromatic rings. The van der Waals surface area contributed by atoms with Gasteiger partial charge < -0.3 is 24.4 Å². The van der Waals surface area contributed by atoms with E-state index in [1.54, 1.807) is 7.11 Å². The molecule has 6 heteroatoms. The summed E-state index contributed by atoms with van der Waals surface area (Å²) in [4.78, 5) is 6.78. The molecule has 0 amide bonds. The summed E-state index contributed by atoms with van der Waals surface area (Å²) in [6, 6.07) is 8.34. The summed E-state index contributed by atoms with van der Waals surface area (Å²) >= 11 is 0. The lowest BCUT2D eigenvalue weighted by Gasteiger charge is -2.37. The predicted molar refractivity (Wildman–Crippen MR) is 108 cm³/mol. The number of benzene rings is 1. The van der Waals surface area contributed by atoms with Crippen LogP contribution in [0, 0.1) is 0 Å². The third-order valence-electron chi connectivity index (χ3n) is 5.53. The van der Waals surface area contributed by atoms with Crippen molar-refractivity contribution in [2.45, 2.75) is 44.3 Å². The van der Waals surface area contributed by atoms with Crippen LogP contribution in [0.2, 0.25) is 0 Å². The molecular formula is C21H33N3O3. The van der Waals surface area contributed by atoms with Crippen LogP contribution in [-0.4, -0.2) is 70.1 Å². The van der Waals surface area contributed by atoms with Gasteiger partial charge in [0, 0.05) is 33.3 Å². The van der Waals surface area contributed by atoms with Gasteiger partial charge in [0.25, 0.3) is 0 Å². The fraction of sp³-hybridized carbons (Fsp3) is 0.667. The van der Waals surface area contributed by atoms with E-state index < -0.39 is 0 Å². The Morgan fingerprint density at radius 2 is 2.04 bits per heavy atom. The first-order valence-electron chi connectivity index (χ1n) is 10.0. The molecule has 0 aliphatic carbocycles. The molecule has 2 aliphatic rings. The zero-order valence-electron chi connectivity index (χ0n) is 16.8. The smallest absolute Gasteiger partial charge is 0.193 e. The molecule has 6 nitrogen and oxygen atoms in total. The van der Waals surface area contributed by atoms with E-state index >= 15 is 0 Å². The average Bonchev–Trinajstić information content (AvgIpc) is 3.26. The van der Waals surface area contributed by atoms with Crippen LogP contribution in [0.5, 0.6) is 5.75 Å². The van der Waals surface area contributed by atoms with Gasteiger partial charge in [0.2, 0.25) is 0 Å². The maximum absolute atomic E-state index is 5.95. The minimum absolute atomic E-state index is 0.151. The average molecular weight is 376 g/mol. The van der Waals surface area contributed by atoms with Gasteiger partial charge in [-0.2, -0.15) is 0 Å². The molecule has 0 aromatic heterocycles. The van der Waals surface area contributed by atoms with Crippen molar-refractivity contribution in [2.75, 3.05) is 47.0 Å². The van der Waals surface area contributed by atoms with E-state index in [1.165, 1.54) is 5.56 Å². The molecule has 1 aromatic carbocycles. The quantitative estimate of drug-likeness (QED) is 0.612. The van der Waals surface area contributed by atoms with Crippen LogP contribution in [0.25, 0.3) is 0 Å². The lowest BCUT2D eigenvalue weighted by molar-refractivity contribution is -0.0816. The van der Waals surface area contributed by atoms with E-state index in [0.29, 0.717) is 5.92 Å². The van der Waals surface area contributed by atoms with Gasteiger partial charge in [-0.1, -0.05) is 19.1 Å². The number of methoxy groups -OCH3 is 1. The normalized spacial score (nSPS) is 24.7. The molecular weight excluding hydrogens is 342 g/mol. The fourth-order valence-corrected chi connectivity index (χ4v) is 3.82. The summed E-state index contributed by atoms with van der Waals surface area (Å²) in [5.74, 6) is 2.34. The number of hydrogen-bond donors (Lipinski definition) is 1. The molecule has 1 N–H and O–H groups in total. The Morgan fingerprint density at radius 1 is 1.26 bits per heavy atom. The Bertz CT molecular complexity index is 599. The van der Waals surface area contributed by atoms with Gasteiger partial charge in [0.1, 0.15) is 11.9 Å². The van der Waals surface area contributed by atoms with Gasteiger partial charge in [0.15, 0.2) is 5.96 Å². The van der Waals surface area contributed by atoms with E-state index in [9.17, 15) is 0 Å². The molecule has 2 saturated heterocycles. The van der Waals surface area contributed by atoms with E-state index in [-0.39, 0.29) is 12.2 Å². The van der Waals surface area contributed by atoms with Crippen molar-refractivity contribution in [3.8, 4) is 5.75 Å². The van der Waals surface area contributed by atoms with E-state index in [4.69, 9.17) is 14.2 Å². The Balaban J connectivity index is 1.46. The van der Waals surface area contributed by atoms with Crippen molar-refractivity contribution in [1.29, 1.82) is 0 Å². The molecule has 3 unspecified atom stereocenters. The Labute approximate surface area is 162 Å². The molecule has 27 heavy (non-hydrogen) atoms. The number of rotatable bonds is 6.